The van der Waals surface area contributed by atoms with Gasteiger partial charge < -0.3 is 0 Å². The van der Waals surface area contributed by atoms with Crippen LogP contribution in [0.25, 0.3) is 10.8 Å². The molecule has 0 aliphatic carbocycles. The van der Waals surface area contributed by atoms with Gasteiger partial charge in [0.15, 0.2) is 0 Å². The first kappa shape index (κ1) is 15.6. The van der Waals surface area contributed by atoms with Gasteiger partial charge in [0.2, 0.25) is 0 Å². The molecular formula is C20H13Cl2N. The van der Waals surface area contributed by atoms with Crippen LogP contribution < -0.4 is 0 Å². The molecule has 0 heterocycles. The first-order valence-electron chi connectivity index (χ1n) is 7.15. The van der Waals surface area contributed by atoms with Gasteiger partial charge in [0, 0.05) is 22.4 Å². The fourth-order valence-corrected chi connectivity index (χ4v) is 2.72. The van der Waals surface area contributed by atoms with Crippen molar-refractivity contribution in [1.29, 1.82) is 0 Å². The highest BCUT2D eigenvalue weighted by molar-refractivity contribution is 6.36. The van der Waals surface area contributed by atoms with Crippen LogP contribution in [-0.2, 0) is 0 Å². The molecule has 0 aliphatic heterocycles. The van der Waals surface area contributed by atoms with Crippen molar-refractivity contribution in [3.63, 3.8) is 0 Å². The Balaban J connectivity index is 1.74. The molecule has 0 aromatic heterocycles. The number of hydrogen-bond acceptors (Lipinski definition) is 1. The van der Waals surface area contributed by atoms with Crippen molar-refractivity contribution in [2.75, 3.05) is 6.54 Å². The van der Waals surface area contributed by atoms with Gasteiger partial charge in [0.25, 0.3) is 0 Å². The van der Waals surface area contributed by atoms with Gasteiger partial charge in [-0.2, -0.15) is 0 Å². The molecule has 1 nitrogen and oxygen atoms in total. The third kappa shape index (κ3) is 3.93. The maximum atomic E-state index is 6.09. The molecule has 0 aliphatic rings. The van der Waals surface area contributed by atoms with Crippen LogP contribution in [0.3, 0.4) is 0 Å². The second kappa shape index (κ2) is 7.33. The van der Waals surface area contributed by atoms with Gasteiger partial charge >= 0.3 is 0 Å². The molecular weight excluding hydrogens is 325 g/mol. The van der Waals surface area contributed by atoms with Gasteiger partial charge in [0.1, 0.15) is 6.54 Å². The van der Waals surface area contributed by atoms with E-state index in [1.54, 1.807) is 18.3 Å². The monoisotopic (exact) mass is 337 g/mol. The molecule has 0 saturated heterocycles. The van der Waals surface area contributed by atoms with Crippen LogP contribution in [0.4, 0.5) is 0 Å². The number of fused-ring (bicyclic) bond motifs is 1. The van der Waals surface area contributed by atoms with Crippen molar-refractivity contribution in [3.8, 4) is 11.8 Å². The summed E-state index contributed by atoms with van der Waals surface area (Å²) in [6.07, 6.45) is 1.72. The molecule has 0 atom stereocenters. The van der Waals surface area contributed by atoms with Crippen LogP contribution in [0, 0.1) is 11.8 Å². The number of rotatable bonds is 2. The molecule has 3 rings (SSSR count). The van der Waals surface area contributed by atoms with E-state index in [0.717, 1.165) is 16.5 Å². The number of halogens is 2. The molecule has 0 spiro atoms. The van der Waals surface area contributed by atoms with Crippen molar-refractivity contribution < 1.29 is 0 Å². The minimum absolute atomic E-state index is 0.419. The topological polar surface area (TPSA) is 12.4 Å². The lowest BCUT2D eigenvalue weighted by Crippen LogP contribution is -1.85. The second-order valence-electron chi connectivity index (χ2n) is 4.96. The third-order valence-electron chi connectivity index (χ3n) is 3.38. The summed E-state index contributed by atoms with van der Waals surface area (Å²) in [4.78, 5) is 4.30. The van der Waals surface area contributed by atoms with E-state index in [9.17, 15) is 0 Å². The molecule has 3 aromatic carbocycles. The Hall–Kier alpha value is -2.27. The highest BCUT2D eigenvalue weighted by Crippen LogP contribution is 2.19. The van der Waals surface area contributed by atoms with Crippen molar-refractivity contribution >= 4 is 40.2 Å². The highest BCUT2D eigenvalue weighted by atomic mass is 35.5. The Labute approximate surface area is 145 Å². The van der Waals surface area contributed by atoms with E-state index in [2.05, 4.69) is 35.0 Å². The van der Waals surface area contributed by atoms with Crippen LogP contribution >= 0.6 is 23.2 Å². The minimum atomic E-state index is 0.419. The van der Waals surface area contributed by atoms with E-state index in [1.165, 1.54) is 5.39 Å². The Morgan fingerprint density at radius 1 is 0.957 bits per heavy atom. The average molecular weight is 338 g/mol. The van der Waals surface area contributed by atoms with Crippen molar-refractivity contribution in [2.45, 2.75) is 0 Å². The SMILES string of the molecule is Clc1ccc(/C=N/CC#Cc2cccc3ccccc23)c(Cl)c1. The molecule has 0 unspecified atom stereocenters. The van der Waals surface area contributed by atoms with Crippen LogP contribution in [0.1, 0.15) is 11.1 Å². The summed E-state index contributed by atoms with van der Waals surface area (Å²) < 4.78 is 0. The summed E-state index contributed by atoms with van der Waals surface area (Å²) in [5.74, 6) is 6.26. The quantitative estimate of drug-likeness (QED) is 0.425. The molecule has 0 fully saturated rings. The van der Waals surface area contributed by atoms with Crippen molar-refractivity contribution in [2.24, 2.45) is 4.99 Å². The third-order valence-corrected chi connectivity index (χ3v) is 3.94. The Kier molecular flexibility index (Phi) is 4.98. The zero-order valence-electron chi connectivity index (χ0n) is 12.3. The van der Waals surface area contributed by atoms with Crippen molar-refractivity contribution in [3.05, 3.63) is 81.8 Å². The molecule has 0 saturated carbocycles. The number of nitrogens with zero attached hydrogens (tertiary/aromatic N) is 1. The standard InChI is InChI=1S/C20H13Cl2N/c21-18-11-10-17(20(22)13-18)14-23-12-4-8-16-7-3-6-15-5-1-2-9-19(15)16/h1-3,5-7,9-11,13-14H,12H2/b23-14+. The van der Waals surface area contributed by atoms with Crippen molar-refractivity contribution in [1.82, 2.24) is 0 Å². The zero-order valence-corrected chi connectivity index (χ0v) is 13.8. The molecule has 0 bridgehead atoms. The van der Waals surface area contributed by atoms with Crippen LogP contribution in [0.5, 0.6) is 0 Å². The van der Waals surface area contributed by atoms with Crippen LogP contribution in [0.15, 0.2) is 65.7 Å². The first-order chi connectivity index (χ1) is 11.2. The Bertz CT molecular complexity index is 928. The summed E-state index contributed by atoms with van der Waals surface area (Å²) in [5.41, 5.74) is 1.85. The summed E-state index contributed by atoms with van der Waals surface area (Å²) in [6.45, 7) is 0.419. The van der Waals surface area contributed by atoms with Gasteiger partial charge in [-0.05, 0) is 29.0 Å². The predicted octanol–water partition coefficient (Wildman–Crippen LogP) is 5.62. The number of hydrogen-bond donors (Lipinski definition) is 0. The molecule has 3 heteroatoms. The van der Waals surface area contributed by atoms with E-state index in [0.29, 0.717) is 16.6 Å². The predicted molar refractivity (Wildman–Crippen MR) is 99.7 cm³/mol. The molecule has 112 valence electrons. The molecule has 0 radical (unpaired) electrons. The summed E-state index contributed by atoms with van der Waals surface area (Å²) in [6, 6.07) is 19.7. The lowest BCUT2D eigenvalue weighted by atomic mass is 10.1. The minimum Gasteiger partial charge on any atom is -0.280 e. The molecule has 23 heavy (non-hydrogen) atoms. The zero-order chi connectivity index (χ0) is 16.1. The van der Waals surface area contributed by atoms with Gasteiger partial charge in [-0.1, -0.05) is 77.5 Å². The fraction of sp³-hybridized carbons (Fsp3) is 0.0500. The molecule has 0 N–H and O–H groups in total. The van der Waals surface area contributed by atoms with Gasteiger partial charge in [-0.15, -0.1) is 0 Å². The molecule has 3 aromatic rings. The summed E-state index contributed by atoms with van der Waals surface area (Å²) in [5, 5.41) is 3.55. The van der Waals surface area contributed by atoms with E-state index in [4.69, 9.17) is 23.2 Å². The van der Waals surface area contributed by atoms with E-state index < -0.39 is 0 Å². The highest BCUT2D eigenvalue weighted by Gasteiger charge is 1.97. The largest absolute Gasteiger partial charge is 0.280 e. The number of aliphatic imine (C=N–C) groups is 1. The second-order valence-corrected chi connectivity index (χ2v) is 5.81. The number of benzene rings is 3. The van der Waals surface area contributed by atoms with Gasteiger partial charge in [-0.25, -0.2) is 0 Å². The summed E-state index contributed by atoms with van der Waals surface area (Å²) >= 11 is 12.0. The fourth-order valence-electron chi connectivity index (χ4n) is 2.27. The van der Waals surface area contributed by atoms with Gasteiger partial charge in [-0.3, -0.25) is 4.99 Å². The average Bonchev–Trinajstić information content (AvgIpc) is 2.56. The van der Waals surface area contributed by atoms with E-state index in [-0.39, 0.29) is 0 Å². The first-order valence-corrected chi connectivity index (χ1v) is 7.91. The smallest absolute Gasteiger partial charge is 0.100 e. The van der Waals surface area contributed by atoms with E-state index in [1.807, 2.05) is 30.3 Å². The molecule has 0 amide bonds. The maximum absolute atomic E-state index is 6.09. The lowest BCUT2D eigenvalue weighted by Gasteiger charge is -1.99. The normalized spacial score (nSPS) is 10.7. The maximum Gasteiger partial charge on any atom is 0.100 e. The Morgan fingerprint density at radius 2 is 1.78 bits per heavy atom. The van der Waals surface area contributed by atoms with Crippen LogP contribution in [-0.4, -0.2) is 12.8 Å². The lowest BCUT2D eigenvalue weighted by molar-refractivity contribution is 1.30. The van der Waals surface area contributed by atoms with Gasteiger partial charge in [0.05, 0.1) is 5.02 Å². The van der Waals surface area contributed by atoms with E-state index >= 15 is 0 Å². The van der Waals surface area contributed by atoms with Crippen LogP contribution in [0.2, 0.25) is 10.0 Å². The Morgan fingerprint density at radius 3 is 2.65 bits per heavy atom. The summed E-state index contributed by atoms with van der Waals surface area (Å²) in [7, 11) is 0.